The highest BCUT2D eigenvalue weighted by Crippen LogP contribution is 2.24. The lowest BCUT2D eigenvalue weighted by Crippen LogP contribution is -2.10. The van der Waals surface area contributed by atoms with E-state index in [2.05, 4.69) is 5.32 Å². The van der Waals surface area contributed by atoms with Gasteiger partial charge in [-0.15, -0.1) is 11.3 Å². The molecule has 0 aliphatic rings. The van der Waals surface area contributed by atoms with E-state index in [1.807, 2.05) is 31.2 Å². The average molecular weight is 276 g/mol. The van der Waals surface area contributed by atoms with E-state index in [4.69, 9.17) is 10.8 Å². The Morgan fingerprint density at radius 2 is 2.05 bits per heavy atom. The first-order valence-corrected chi connectivity index (χ1v) is 6.79. The number of benzene rings is 1. The maximum atomic E-state index is 12.0. The summed E-state index contributed by atoms with van der Waals surface area (Å²) in [4.78, 5) is 13.5. The summed E-state index contributed by atoms with van der Waals surface area (Å²) >= 11 is 1.38. The average Bonchev–Trinajstić information content (AvgIpc) is 2.72. The smallest absolute Gasteiger partial charge is 0.265 e. The number of nitrogen functional groups attached to an aromatic ring is 1. The van der Waals surface area contributed by atoms with Gasteiger partial charge in [-0.1, -0.05) is 12.1 Å². The van der Waals surface area contributed by atoms with Crippen LogP contribution in [0.5, 0.6) is 0 Å². The summed E-state index contributed by atoms with van der Waals surface area (Å²) in [6.45, 7) is 2.01. The number of hydrogen-bond acceptors (Lipinski definition) is 4. The first-order chi connectivity index (χ1) is 9.10. The normalized spacial score (nSPS) is 10.4. The number of nitrogens with one attached hydrogen (secondary N) is 1. The molecule has 0 fully saturated rings. The maximum Gasteiger partial charge on any atom is 0.265 e. The highest BCUT2D eigenvalue weighted by atomic mass is 32.1. The van der Waals surface area contributed by atoms with Crippen LogP contribution >= 0.6 is 11.3 Å². The molecule has 0 aliphatic carbocycles. The molecule has 1 aromatic heterocycles. The van der Waals surface area contributed by atoms with E-state index in [-0.39, 0.29) is 12.5 Å². The van der Waals surface area contributed by atoms with Crippen molar-refractivity contribution in [3.8, 4) is 0 Å². The quantitative estimate of drug-likeness (QED) is 0.802. The molecule has 4 nitrogen and oxygen atoms in total. The summed E-state index contributed by atoms with van der Waals surface area (Å²) in [6, 6.07) is 9.12. The lowest BCUT2D eigenvalue weighted by Gasteiger charge is -2.04. The summed E-state index contributed by atoms with van der Waals surface area (Å²) in [6.07, 6.45) is 0.620. The van der Waals surface area contributed by atoms with Crippen molar-refractivity contribution in [3.63, 3.8) is 0 Å². The number of nitrogens with two attached hydrogens (primary N) is 1. The number of thiophene rings is 1. The molecule has 4 N–H and O–H groups in total. The molecule has 2 aromatic rings. The molecule has 100 valence electrons. The third-order valence-corrected chi connectivity index (χ3v) is 3.86. The Morgan fingerprint density at radius 3 is 2.58 bits per heavy atom. The highest BCUT2D eigenvalue weighted by Gasteiger charge is 2.11. The van der Waals surface area contributed by atoms with E-state index >= 15 is 0 Å². The lowest BCUT2D eigenvalue weighted by atomic mass is 10.1. The van der Waals surface area contributed by atoms with E-state index in [1.54, 1.807) is 6.07 Å². The van der Waals surface area contributed by atoms with Crippen molar-refractivity contribution >= 4 is 28.6 Å². The van der Waals surface area contributed by atoms with Gasteiger partial charge in [-0.25, -0.2) is 0 Å². The number of carbonyl (C=O) groups excluding carboxylic acids is 1. The molecule has 0 atom stereocenters. The fourth-order valence-corrected chi connectivity index (χ4v) is 2.52. The van der Waals surface area contributed by atoms with Crippen LogP contribution in [0.1, 0.15) is 20.1 Å². The molecular weight excluding hydrogens is 260 g/mol. The first-order valence-electron chi connectivity index (χ1n) is 5.97. The predicted octanol–water partition coefficient (Wildman–Crippen LogP) is 2.43. The number of hydrogen-bond donors (Lipinski definition) is 3. The van der Waals surface area contributed by atoms with Gasteiger partial charge in [-0.3, -0.25) is 4.79 Å². The Kier molecular flexibility index (Phi) is 4.19. The largest absolute Gasteiger partial charge is 0.398 e. The number of anilines is 2. The van der Waals surface area contributed by atoms with Crippen LogP contribution in [0.2, 0.25) is 0 Å². The van der Waals surface area contributed by atoms with Crippen LogP contribution < -0.4 is 11.1 Å². The van der Waals surface area contributed by atoms with E-state index in [1.165, 1.54) is 11.3 Å². The Labute approximate surface area is 115 Å². The molecule has 1 aromatic carbocycles. The van der Waals surface area contributed by atoms with Gasteiger partial charge in [-0.05, 0) is 37.1 Å². The van der Waals surface area contributed by atoms with Crippen molar-refractivity contribution in [3.05, 3.63) is 45.6 Å². The van der Waals surface area contributed by atoms with Gasteiger partial charge >= 0.3 is 0 Å². The third-order valence-electron chi connectivity index (χ3n) is 2.79. The topological polar surface area (TPSA) is 75.3 Å². The van der Waals surface area contributed by atoms with Crippen molar-refractivity contribution in [2.75, 3.05) is 17.7 Å². The van der Waals surface area contributed by atoms with Gasteiger partial charge < -0.3 is 16.2 Å². The van der Waals surface area contributed by atoms with Crippen LogP contribution in [0.4, 0.5) is 11.4 Å². The summed E-state index contributed by atoms with van der Waals surface area (Å²) in [5.74, 6) is -0.153. The van der Waals surface area contributed by atoms with Crippen molar-refractivity contribution in [1.29, 1.82) is 0 Å². The molecule has 1 heterocycles. The van der Waals surface area contributed by atoms with Crippen molar-refractivity contribution in [1.82, 2.24) is 0 Å². The second-order valence-electron chi connectivity index (χ2n) is 4.25. The van der Waals surface area contributed by atoms with Crippen molar-refractivity contribution in [2.45, 2.75) is 13.3 Å². The molecular formula is C14H16N2O2S. The van der Waals surface area contributed by atoms with E-state index in [9.17, 15) is 4.79 Å². The SMILES string of the molecule is Cc1sc(C(=O)Nc2ccc(CCO)cc2)cc1N. The predicted molar refractivity (Wildman–Crippen MR) is 78.7 cm³/mol. The van der Waals surface area contributed by atoms with Crippen LogP contribution in [-0.4, -0.2) is 17.6 Å². The van der Waals surface area contributed by atoms with Gasteiger partial charge in [0.25, 0.3) is 5.91 Å². The zero-order chi connectivity index (χ0) is 13.8. The number of amides is 1. The van der Waals surface area contributed by atoms with E-state index in [0.29, 0.717) is 17.0 Å². The Hall–Kier alpha value is -1.85. The Morgan fingerprint density at radius 1 is 1.37 bits per heavy atom. The number of aliphatic hydroxyl groups is 1. The molecule has 0 saturated carbocycles. The summed E-state index contributed by atoms with van der Waals surface area (Å²) in [5.41, 5.74) is 8.15. The second-order valence-corrected chi connectivity index (χ2v) is 5.50. The Balaban J connectivity index is 2.06. The lowest BCUT2D eigenvalue weighted by molar-refractivity contribution is 0.103. The molecule has 5 heteroatoms. The fraction of sp³-hybridized carbons (Fsp3) is 0.214. The fourth-order valence-electron chi connectivity index (χ4n) is 1.68. The molecule has 2 rings (SSSR count). The number of aliphatic hydroxyl groups excluding tert-OH is 1. The van der Waals surface area contributed by atoms with Crippen molar-refractivity contribution in [2.24, 2.45) is 0 Å². The van der Waals surface area contributed by atoms with Crippen LogP contribution in [-0.2, 0) is 6.42 Å². The molecule has 0 aliphatic heterocycles. The highest BCUT2D eigenvalue weighted by molar-refractivity contribution is 7.14. The molecule has 0 unspecified atom stereocenters. The van der Waals surface area contributed by atoms with Gasteiger partial charge in [-0.2, -0.15) is 0 Å². The van der Waals surface area contributed by atoms with Crippen LogP contribution in [0.3, 0.4) is 0 Å². The number of carbonyl (C=O) groups is 1. The number of aryl methyl sites for hydroxylation is 1. The van der Waals surface area contributed by atoms with Gasteiger partial charge in [0.2, 0.25) is 0 Å². The minimum atomic E-state index is -0.153. The molecule has 19 heavy (non-hydrogen) atoms. The van der Waals surface area contributed by atoms with Gasteiger partial charge in [0.15, 0.2) is 0 Å². The summed E-state index contributed by atoms with van der Waals surface area (Å²) in [5, 5.41) is 11.7. The minimum absolute atomic E-state index is 0.124. The standard InChI is InChI=1S/C14H16N2O2S/c1-9-12(15)8-13(19-9)14(18)16-11-4-2-10(3-5-11)6-7-17/h2-5,8,17H,6-7,15H2,1H3,(H,16,18). The zero-order valence-corrected chi connectivity index (χ0v) is 11.5. The molecule has 0 saturated heterocycles. The summed E-state index contributed by atoms with van der Waals surface area (Å²) in [7, 11) is 0. The first kappa shape index (κ1) is 13.6. The van der Waals surface area contributed by atoms with Crippen LogP contribution in [0.15, 0.2) is 30.3 Å². The minimum Gasteiger partial charge on any atom is -0.398 e. The number of rotatable bonds is 4. The summed E-state index contributed by atoms with van der Waals surface area (Å²) < 4.78 is 0. The second kappa shape index (κ2) is 5.86. The molecule has 0 radical (unpaired) electrons. The molecule has 1 amide bonds. The van der Waals surface area contributed by atoms with Gasteiger partial charge in [0.1, 0.15) is 0 Å². The van der Waals surface area contributed by atoms with E-state index < -0.39 is 0 Å². The maximum absolute atomic E-state index is 12.0. The monoisotopic (exact) mass is 276 g/mol. The van der Waals surface area contributed by atoms with Crippen LogP contribution in [0, 0.1) is 6.92 Å². The van der Waals surface area contributed by atoms with Crippen LogP contribution in [0.25, 0.3) is 0 Å². The molecule has 0 bridgehead atoms. The van der Waals surface area contributed by atoms with Gasteiger partial charge in [0, 0.05) is 22.9 Å². The third kappa shape index (κ3) is 3.33. The van der Waals surface area contributed by atoms with E-state index in [0.717, 1.165) is 16.1 Å². The zero-order valence-electron chi connectivity index (χ0n) is 10.6. The van der Waals surface area contributed by atoms with Crippen molar-refractivity contribution < 1.29 is 9.90 Å². The van der Waals surface area contributed by atoms with Gasteiger partial charge in [0.05, 0.1) is 4.88 Å². The molecule has 0 spiro atoms. The Bertz CT molecular complexity index is 556.